The molecule has 0 unspecified atom stereocenters. The van der Waals surface area contributed by atoms with Gasteiger partial charge in [-0.1, -0.05) is 12.8 Å². The van der Waals surface area contributed by atoms with E-state index in [0.29, 0.717) is 18.7 Å². The molecule has 1 N–H and O–H groups in total. The fourth-order valence-corrected chi connectivity index (χ4v) is 2.95. The van der Waals surface area contributed by atoms with Gasteiger partial charge < -0.3 is 15.1 Å². The van der Waals surface area contributed by atoms with Gasteiger partial charge in [0.05, 0.1) is 23.5 Å². The van der Waals surface area contributed by atoms with Crippen LogP contribution in [-0.4, -0.2) is 43.9 Å². The van der Waals surface area contributed by atoms with Crippen LogP contribution in [0.1, 0.15) is 37.7 Å². The Bertz CT molecular complexity index is 660. The summed E-state index contributed by atoms with van der Waals surface area (Å²) in [5, 5.41) is 2.53. The highest BCUT2D eigenvalue weighted by Gasteiger charge is 2.31. The van der Waals surface area contributed by atoms with Gasteiger partial charge >= 0.3 is 6.18 Å². The first kappa shape index (κ1) is 20.1. The molecule has 2 amide bonds. The lowest BCUT2D eigenvalue weighted by molar-refractivity contribution is -0.137. The van der Waals surface area contributed by atoms with E-state index in [1.54, 1.807) is 19.0 Å². The van der Waals surface area contributed by atoms with Crippen molar-refractivity contribution >= 4 is 23.2 Å². The number of nitrogens with zero attached hydrogens (tertiary/aromatic N) is 2. The molecular formula is C18H24F3N3O2. The Morgan fingerprint density at radius 2 is 1.88 bits per heavy atom. The lowest BCUT2D eigenvalue weighted by atomic mass is 10.1. The maximum atomic E-state index is 13.0. The maximum Gasteiger partial charge on any atom is 0.416 e. The van der Waals surface area contributed by atoms with Gasteiger partial charge in [0.15, 0.2) is 0 Å². The standard InChI is InChI=1S/C18H24F3N3O2/c1-23(2)15-9-8-13(18(19,20)21)11-14(15)22-16(25)12-24-10-6-4-3-5-7-17(24)26/h8-9,11H,3-7,10,12H2,1-2H3,(H,22,25). The van der Waals surface area contributed by atoms with E-state index < -0.39 is 17.6 Å². The minimum absolute atomic E-state index is 0.0781. The van der Waals surface area contributed by atoms with Gasteiger partial charge in [-0.3, -0.25) is 9.59 Å². The lowest BCUT2D eigenvalue weighted by Crippen LogP contribution is -2.39. The summed E-state index contributed by atoms with van der Waals surface area (Å²) in [4.78, 5) is 27.6. The van der Waals surface area contributed by atoms with Gasteiger partial charge in [0.25, 0.3) is 0 Å². The van der Waals surface area contributed by atoms with Gasteiger partial charge in [-0.2, -0.15) is 13.2 Å². The van der Waals surface area contributed by atoms with Crippen molar-refractivity contribution < 1.29 is 22.8 Å². The average molecular weight is 371 g/mol. The molecule has 0 bridgehead atoms. The van der Waals surface area contributed by atoms with Crippen molar-refractivity contribution in [3.63, 3.8) is 0 Å². The normalized spacial score (nSPS) is 16.0. The molecule has 1 aliphatic heterocycles. The largest absolute Gasteiger partial charge is 0.416 e. The minimum atomic E-state index is -4.50. The van der Waals surface area contributed by atoms with Crippen LogP contribution in [0.25, 0.3) is 0 Å². The van der Waals surface area contributed by atoms with Crippen molar-refractivity contribution in [2.45, 2.75) is 38.3 Å². The molecule has 0 aliphatic carbocycles. The number of anilines is 2. The summed E-state index contributed by atoms with van der Waals surface area (Å²) < 4.78 is 38.9. The van der Waals surface area contributed by atoms with E-state index >= 15 is 0 Å². The van der Waals surface area contributed by atoms with Crippen molar-refractivity contribution in [3.8, 4) is 0 Å². The van der Waals surface area contributed by atoms with Gasteiger partial charge in [0.2, 0.25) is 11.8 Å². The zero-order valence-electron chi connectivity index (χ0n) is 15.0. The van der Waals surface area contributed by atoms with Crippen molar-refractivity contribution in [1.82, 2.24) is 4.90 Å². The fourth-order valence-electron chi connectivity index (χ4n) is 2.95. The van der Waals surface area contributed by atoms with E-state index in [2.05, 4.69) is 5.32 Å². The summed E-state index contributed by atoms with van der Waals surface area (Å²) in [6, 6.07) is 3.22. The van der Waals surface area contributed by atoms with Gasteiger partial charge in [-0.25, -0.2) is 0 Å². The third kappa shape index (κ3) is 5.37. The van der Waals surface area contributed by atoms with E-state index in [4.69, 9.17) is 0 Å². The SMILES string of the molecule is CN(C)c1ccc(C(F)(F)F)cc1NC(=O)CN1CCCCCCC1=O. The number of hydrogen-bond acceptors (Lipinski definition) is 3. The number of amides is 2. The molecule has 1 heterocycles. The Labute approximate surface area is 151 Å². The second-order valence-electron chi connectivity index (χ2n) is 6.65. The number of nitrogens with one attached hydrogen (secondary N) is 1. The number of benzene rings is 1. The molecule has 2 rings (SSSR count). The molecule has 8 heteroatoms. The molecule has 144 valence electrons. The van der Waals surface area contributed by atoms with Crippen LogP contribution in [0, 0.1) is 0 Å². The monoisotopic (exact) mass is 371 g/mol. The summed E-state index contributed by atoms with van der Waals surface area (Å²) in [5.41, 5.74) is -0.291. The van der Waals surface area contributed by atoms with E-state index in [9.17, 15) is 22.8 Å². The molecule has 1 fully saturated rings. The van der Waals surface area contributed by atoms with E-state index in [1.165, 1.54) is 11.0 Å². The van der Waals surface area contributed by atoms with Crippen LogP contribution in [-0.2, 0) is 15.8 Å². The molecule has 1 aliphatic rings. The molecule has 0 atom stereocenters. The first-order chi connectivity index (χ1) is 12.2. The molecule has 0 radical (unpaired) electrons. The highest BCUT2D eigenvalue weighted by atomic mass is 19.4. The zero-order chi connectivity index (χ0) is 19.3. The minimum Gasteiger partial charge on any atom is -0.376 e. The Hall–Kier alpha value is -2.25. The maximum absolute atomic E-state index is 13.0. The zero-order valence-corrected chi connectivity index (χ0v) is 15.0. The lowest BCUT2D eigenvalue weighted by Gasteiger charge is -2.25. The van der Waals surface area contributed by atoms with Crippen LogP contribution < -0.4 is 10.2 Å². The smallest absolute Gasteiger partial charge is 0.376 e. The molecule has 0 aromatic heterocycles. The van der Waals surface area contributed by atoms with Crippen molar-refractivity contribution in [2.24, 2.45) is 0 Å². The highest BCUT2D eigenvalue weighted by molar-refractivity contribution is 5.97. The molecule has 0 spiro atoms. The first-order valence-corrected chi connectivity index (χ1v) is 8.64. The summed E-state index contributed by atoms with van der Waals surface area (Å²) in [5.74, 6) is -0.585. The van der Waals surface area contributed by atoms with E-state index in [0.717, 1.165) is 37.8 Å². The Morgan fingerprint density at radius 3 is 2.54 bits per heavy atom. The molecule has 1 aromatic carbocycles. The second kappa shape index (κ2) is 8.42. The van der Waals surface area contributed by atoms with Crippen LogP contribution in [0.2, 0.25) is 0 Å². The van der Waals surface area contributed by atoms with Crippen LogP contribution >= 0.6 is 0 Å². The highest BCUT2D eigenvalue weighted by Crippen LogP contribution is 2.34. The van der Waals surface area contributed by atoms with Crippen molar-refractivity contribution in [2.75, 3.05) is 37.4 Å². The fraction of sp³-hybridized carbons (Fsp3) is 0.556. The van der Waals surface area contributed by atoms with E-state index in [1.807, 2.05) is 0 Å². The average Bonchev–Trinajstić information content (AvgIpc) is 2.53. The summed E-state index contributed by atoms with van der Waals surface area (Å²) >= 11 is 0. The molecule has 1 aromatic rings. The Balaban J connectivity index is 2.14. The van der Waals surface area contributed by atoms with Gasteiger partial charge in [0.1, 0.15) is 0 Å². The van der Waals surface area contributed by atoms with Crippen molar-refractivity contribution in [3.05, 3.63) is 23.8 Å². The number of likely N-dealkylation sites (tertiary alicyclic amines) is 1. The number of carbonyl (C=O) groups is 2. The summed E-state index contributed by atoms with van der Waals surface area (Å²) in [6.45, 7) is 0.345. The van der Waals surface area contributed by atoms with Crippen LogP contribution in [0.3, 0.4) is 0 Å². The summed E-state index contributed by atoms with van der Waals surface area (Å²) in [7, 11) is 3.36. The van der Waals surface area contributed by atoms with Crippen molar-refractivity contribution in [1.29, 1.82) is 0 Å². The van der Waals surface area contributed by atoms with Crippen LogP contribution in [0.5, 0.6) is 0 Å². The number of alkyl halides is 3. The molecule has 5 nitrogen and oxygen atoms in total. The Morgan fingerprint density at radius 1 is 1.19 bits per heavy atom. The number of hydrogen-bond donors (Lipinski definition) is 1. The molecule has 26 heavy (non-hydrogen) atoms. The predicted molar refractivity (Wildman–Crippen MR) is 94.1 cm³/mol. The number of rotatable bonds is 4. The van der Waals surface area contributed by atoms with Crippen LogP contribution in [0.4, 0.5) is 24.5 Å². The van der Waals surface area contributed by atoms with Gasteiger partial charge in [-0.15, -0.1) is 0 Å². The second-order valence-corrected chi connectivity index (χ2v) is 6.65. The molecule has 0 saturated carbocycles. The topological polar surface area (TPSA) is 52.7 Å². The first-order valence-electron chi connectivity index (χ1n) is 8.64. The van der Waals surface area contributed by atoms with Gasteiger partial charge in [-0.05, 0) is 31.0 Å². The molecule has 1 saturated heterocycles. The third-order valence-electron chi connectivity index (χ3n) is 4.34. The van der Waals surface area contributed by atoms with Gasteiger partial charge in [0, 0.05) is 27.1 Å². The molecular weight excluding hydrogens is 347 g/mol. The third-order valence-corrected chi connectivity index (χ3v) is 4.34. The number of halogens is 3. The quantitative estimate of drug-likeness (QED) is 0.881. The summed E-state index contributed by atoms with van der Waals surface area (Å²) in [6.07, 6.45) is -0.462. The van der Waals surface area contributed by atoms with E-state index in [-0.39, 0.29) is 18.1 Å². The predicted octanol–water partition coefficient (Wildman–Crippen LogP) is 3.50. The van der Waals surface area contributed by atoms with Crippen LogP contribution in [0.15, 0.2) is 18.2 Å². The Kier molecular flexibility index (Phi) is 6.50. The number of carbonyl (C=O) groups excluding carboxylic acids is 2.